The summed E-state index contributed by atoms with van der Waals surface area (Å²) in [6, 6.07) is -0.391. The van der Waals surface area contributed by atoms with Crippen LogP contribution < -0.4 is 10.7 Å². The quantitative estimate of drug-likeness (QED) is 0.586. The van der Waals surface area contributed by atoms with E-state index in [4.69, 9.17) is 5.11 Å². The minimum Gasteiger partial charge on any atom is -0.481 e. The Morgan fingerprint density at radius 2 is 1.75 bits per heavy atom. The molecule has 16 heavy (non-hydrogen) atoms. The van der Waals surface area contributed by atoms with E-state index in [1.54, 1.807) is 14.1 Å². The standard InChI is InChI=1S/C10H21N3O3/c1-5-10(6-2,8(14)15)7-11-9(16)12-13(3)4/h5-7H2,1-4H3,(H,14,15)(H2,11,12,16). The normalized spacial score (nSPS) is 11.3. The van der Waals surface area contributed by atoms with E-state index in [1.165, 1.54) is 5.01 Å². The maximum atomic E-state index is 11.3. The van der Waals surface area contributed by atoms with Crippen molar-refractivity contribution in [3.8, 4) is 0 Å². The van der Waals surface area contributed by atoms with Crippen molar-refractivity contribution >= 4 is 12.0 Å². The van der Waals surface area contributed by atoms with Gasteiger partial charge < -0.3 is 10.4 Å². The molecule has 0 saturated heterocycles. The molecule has 0 aromatic rings. The monoisotopic (exact) mass is 231 g/mol. The highest BCUT2D eigenvalue weighted by Crippen LogP contribution is 2.25. The molecule has 0 saturated carbocycles. The number of hydrogen-bond donors (Lipinski definition) is 3. The fraction of sp³-hybridized carbons (Fsp3) is 0.800. The van der Waals surface area contributed by atoms with E-state index in [-0.39, 0.29) is 6.54 Å². The third-order valence-corrected chi connectivity index (χ3v) is 2.72. The summed E-state index contributed by atoms with van der Waals surface area (Å²) in [7, 11) is 3.37. The molecule has 2 amide bonds. The number of hydrazine groups is 1. The fourth-order valence-corrected chi connectivity index (χ4v) is 1.37. The Labute approximate surface area is 96.0 Å². The Bertz CT molecular complexity index is 250. The van der Waals surface area contributed by atoms with Crippen LogP contribution in [0.25, 0.3) is 0 Å². The Kier molecular flexibility index (Phi) is 5.81. The molecule has 0 radical (unpaired) electrons. The van der Waals surface area contributed by atoms with Gasteiger partial charge in [-0.25, -0.2) is 9.80 Å². The van der Waals surface area contributed by atoms with Gasteiger partial charge in [-0.15, -0.1) is 0 Å². The fourth-order valence-electron chi connectivity index (χ4n) is 1.37. The van der Waals surface area contributed by atoms with Gasteiger partial charge in [0.2, 0.25) is 0 Å². The van der Waals surface area contributed by atoms with E-state index in [1.807, 2.05) is 13.8 Å². The van der Waals surface area contributed by atoms with Crippen LogP contribution in [0.1, 0.15) is 26.7 Å². The van der Waals surface area contributed by atoms with Gasteiger partial charge in [-0.3, -0.25) is 10.2 Å². The number of rotatable bonds is 6. The van der Waals surface area contributed by atoms with Gasteiger partial charge in [0, 0.05) is 20.6 Å². The van der Waals surface area contributed by atoms with E-state index in [0.717, 1.165) is 0 Å². The molecule has 0 heterocycles. The molecular weight excluding hydrogens is 210 g/mol. The summed E-state index contributed by atoms with van der Waals surface area (Å²) in [4.78, 5) is 22.4. The number of urea groups is 1. The van der Waals surface area contributed by atoms with Crippen LogP contribution in [0.3, 0.4) is 0 Å². The summed E-state index contributed by atoms with van der Waals surface area (Å²) in [6.45, 7) is 3.75. The van der Waals surface area contributed by atoms with Gasteiger partial charge in [0.1, 0.15) is 0 Å². The van der Waals surface area contributed by atoms with Crippen molar-refractivity contribution in [1.29, 1.82) is 0 Å². The minimum absolute atomic E-state index is 0.134. The average molecular weight is 231 g/mol. The third-order valence-electron chi connectivity index (χ3n) is 2.72. The maximum absolute atomic E-state index is 11.3. The molecule has 0 fully saturated rings. The van der Waals surface area contributed by atoms with Gasteiger partial charge in [0.05, 0.1) is 5.41 Å². The maximum Gasteiger partial charge on any atom is 0.329 e. The third kappa shape index (κ3) is 4.06. The Balaban J connectivity index is 4.33. The first kappa shape index (κ1) is 14.7. The molecular formula is C10H21N3O3. The van der Waals surface area contributed by atoms with Crippen LogP contribution in [0.15, 0.2) is 0 Å². The molecule has 0 rings (SSSR count). The zero-order chi connectivity index (χ0) is 12.8. The van der Waals surface area contributed by atoms with Gasteiger partial charge in [-0.1, -0.05) is 13.8 Å². The summed E-state index contributed by atoms with van der Waals surface area (Å²) < 4.78 is 0. The lowest BCUT2D eigenvalue weighted by Crippen LogP contribution is -2.48. The van der Waals surface area contributed by atoms with E-state index >= 15 is 0 Å². The van der Waals surface area contributed by atoms with Crippen molar-refractivity contribution in [3.63, 3.8) is 0 Å². The molecule has 0 aliphatic rings. The number of carboxylic acids is 1. The molecule has 0 spiro atoms. The second kappa shape index (κ2) is 6.32. The molecule has 0 aromatic carbocycles. The van der Waals surface area contributed by atoms with Crippen molar-refractivity contribution in [1.82, 2.24) is 15.8 Å². The van der Waals surface area contributed by atoms with E-state index in [9.17, 15) is 9.59 Å². The predicted octanol–water partition coefficient (Wildman–Crippen LogP) is 0.653. The zero-order valence-electron chi connectivity index (χ0n) is 10.3. The molecule has 0 atom stereocenters. The predicted molar refractivity (Wildman–Crippen MR) is 60.9 cm³/mol. The van der Waals surface area contributed by atoms with E-state index in [0.29, 0.717) is 12.8 Å². The number of aliphatic carboxylic acids is 1. The van der Waals surface area contributed by atoms with E-state index < -0.39 is 17.4 Å². The number of carbonyl (C=O) groups is 2. The highest BCUT2D eigenvalue weighted by atomic mass is 16.4. The highest BCUT2D eigenvalue weighted by molar-refractivity contribution is 5.77. The van der Waals surface area contributed by atoms with Crippen LogP contribution in [0.2, 0.25) is 0 Å². The van der Waals surface area contributed by atoms with Crippen LogP contribution in [0.5, 0.6) is 0 Å². The molecule has 6 nitrogen and oxygen atoms in total. The smallest absolute Gasteiger partial charge is 0.329 e. The van der Waals surface area contributed by atoms with Crippen molar-refractivity contribution in [2.45, 2.75) is 26.7 Å². The molecule has 0 aromatic heterocycles. The molecule has 0 unspecified atom stereocenters. The van der Waals surface area contributed by atoms with Crippen LogP contribution in [0.4, 0.5) is 4.79 Å². The SMILES string of the molecule is CCC(CC)(CNC(=O)NN(C)C)C(=O)O. The number of nitrogens with one attached hydrogen (secondary N) is 2. The molecule has 94 valence electrons. The molecule has 0 aliphatic carbocycles. The largest absolute Gasteiger partial charge is 0.481 e. The molecule has 0 aliphatic heterocycles. The molecule has 0 bridgehead atoms. The lowest BCUT2D eigenvalue weighted by molar-refractivity contribution is -0.149. The van der Waals surface area contributed by atoms with Crippen molar-refractivity contribution in [2.75, 3.05) is 20.6 Å². The summed E-state index contributed by atoms with van der Waals surface area (Å²) >= 11 is 0. The average Bonchev–Trinajstić information content (AvgIpc) is 2.18. The number of hydrogen-bond acceptors (Lipinski definition) is 3. The second-order valence-electron chi connectivity index (χ2n) is 3.98. The summed E-state index contributed by atoms with van der Waals surface area (Å²) in [5.74, 6) is -0.873. The van der Waals surface area contributed by atoms with Gasteiger partial charge in [-0.05, 0) is 12.8 Å². The van der Waals surface area contributed by atoms with Gasteiger partial charge in [-0.2, -0.15) is 0 Å². The lowest BCUT2D eigenvalue weighted by Gasteiger charge is -2.27. The molecule has 6 heteroatoms. The zero-order valence-corrected chi connectivity index (χ0v) is 10.3. The topological polar surface area (TPSA) is 81.7 Å². The van der Waals surface area contributed by atoms with Crippen LogP contribution >= 0.6 is 0 Å². The number of carboxylic acid groups (broad SMARTS) is 1. The van der Waals surface area contributed by atoms with Crippen LogP contribution in [0, 0.1) is 5.41 Å². The van der Waals surface area contributed by atoms with Crippen molar-refractivity contribution in [3.05, 3.63) is 0 Å². The van der Waals surface area contributed by atoms with Crippen LogP contribution in [-0.4, -0.2) is 42.8 Å². The number of carbonyl (C=O) groups excluding carboxylic acids is 1. The highest BCUT2D eigenvalue weighted by Gasteiger charge is 2.35. The Morgan fingerprint density at radius 3 is 2.06 bits per heavy atom. The first-order valence-electron chi connectivity index (χ1n) is 5.33. The molecule has 3 N–H and O–H groups in total. The second-order valence-corrected chi connectivity index (χ2v) is 3.98. The minimum atomic E-state index is -0.873. The van der Waals surface area contributed by atoms with Gasteiger partial charge in [0.25, 0.3) is 0 Å². The van der Waals surface area contributed by atoms with Crippen molar-refractivity contribution in [2.24, 2.45) is 5.41 Å². The Morgan fingerprint density at radius 1 is 1.25 bits per heavy atom. The van der Waals surface area contributed by atoms with Gasteiger partial charge in [0.15, 0.2) is 0 Å². The first-order chi connectivity index (χ1) is 7.38. The van der Waals surface area contributed by atoms with Crippen molar-refractivity contribution < 1.29 is 14.7 Å². The summed E-state index contributed by atoms with van der Waals surface area (Å²) in [6.07, 6.45) is 0.974. The van der Waals surface area contributed by atoms with Gasteiger partial charge >= 0.3 is 12.0 Å². The number of nitrogens with zero attached hydrogens (tertiary/aromatic N) is 1. The summed E-state index contributed by atoms with van der Waals surface area (Å²) in [5.41, 5.74) is 1.62. The van der Waals surface area contributed by atoms with E-state index in [2.05, 4.69) is 10.7 Å². The van der Waals surface area contributed by atoms with Crippen LogP contribution in [-0.2, 0) is 4.79 Å². The Hall–Kier alpha value is -1.30. The lowest BCUT2D eigenvalue weighted by atomic mass is 9.82. The first-order valence-corrected chi connectivity index (χ1v) is 5.33. The summed E-state index contributed by atoms with van der Waals surface area (Å²) in [5, 5.41) is 13.2. The number of amides is 2.